The van der Waals surface area contributed by atoms with Crippen LogP contribution in [0.1, 0.15) is 5.56 Å². The summed E-state index contributed by atoms with van der Waals surface area (Å²) in [7, 11) is 0. The van der Waals surface area contributed by atoms with Crippen molar-refractivity contribution in [1.29, 1.82) is 0 Å². The number of halogens is 2. The number of carbonyl (C=O) groups is 1. The molecule has 0 aliphatic carbocycles. The van der Waals surface area contributed by atoms with Gasteiger partial charge in [0.05, 0.1) is 12.2 Å². The fraction of sp³-hybridized carbons (Fsp3) is 0.133. The van der Waals surface area contributed by atoms with Crippen molar-refractivity contribution in [2.24, 2.45) is 0 Å². The summed E-state index contributed by atoms with van der Waals surface area (Å²) in [5, 5.41) is 0.556. The van der Waals surface area contributed by atoms with Gasteiger partial charge in [-0.05, 0) is 35.9 Å². The van der Waals surface area contributed by atoms with E-state index in [0.29, 0.717) is 28.7 Å². The van der Waals surface area contributed by atoms with Crippen molar-refractivity contribution in [3.05, 3.63) is 51.5 Å². The van der Waals surface area contributed by atoms with Gasteiger partial charge in [-0.15, -0.1) is 0 Å². The van der Waals surface area contributed by atoms with Crippen LogP contribution in [0, 0.1) is 0 Å². The molecular formula is C15H12BrClN2O2. The Morgan fingerprint density at radius 2 is 2.10 bits per heavy atom. The maximum absolute atomic E-state index is 12.2. The van der Waals surface area contributed by atoms with Crippen LogP contribution in [0.4, 0.5) is 11.4 Å². The SMILES string of the molecule is Nc1cc(Br)ccc1CN1C(=O)COc2ccc(Cl)cc21. The Morgan fingerprint density at radius 3 is 2.86 bits per heavy atom. The van der Waals surface area contributed by atoms with Crippen LogP contribution < -0.4 is 15.4 Å². The first-order valence-electron chi connectivity index (χ1n) is 6.31. The molecule has 0 saturated heterocycles. The zero-order chi connectivity index (χ0) is 15.0. The molecule has 1 amide bonds. The highest BCUT2D eigenvalue weighted by atomic mass is 79.9. The Morgan fingerprint density at radius 1 is 1.29 bits per heavy atom. The highest BCUT2D eigenvalue weighted by Crippen LogP contribution is 2.36. The molecule has 1 aliphatic rings. The Hall–Kier alpha value is -1.72. The number of anilines is 2. The lowest BCUT2D eigenvalue weighted by Crippen LogP contribution is -2.38. The number of ether oxygens (including phenoxy) is 1. The second-order valence-corrected chi connectivity index (χ2v) is 6.08. The number of nitrogens with zero attached hydrogens (tertiary/aromatic N) is 1. The van der Waals surface area contributed by atoms with Gasteiger partial charge < -0.3 is 15.4 Å². The van der Waals surface area contributed by atoms with Crippen molar-refractivity contribution >= 4 is 44.8 Å². The van der Waals surface area contributed by atoms with E-state index in [9.17, 15) is 4.79 Å². The van der Waals surface area contributed by atoms with Crippen LogP contribution in [0.25, 0.3) is 0 Å². The zero-order valence-electron chi connectivity index (χ0n) is 11.0. The monoisotopic (exact) mass is 366 g/mol. The lowest BCUT2D eigenvalue weighted by atomic mass is 10.1. The van der Waals surface area contributed by atoms with Gasteiger partial charge in [-0.25, -0.2) is 0 Å². The summed E-state index contributed by atoms with van der Waals surface area (Å²) >= 11 is 9.39. The van der Waals surface area contributed by atoms with Crippen LogP contribution in [-0.4, -0.2) is 12.5 Å². The number of carbonyl (C=O) groups excluding carboxylic acids is 1. The number of amides is 1. The summed E-state index contributed by atoms with van der Waals surface area (Å²) in [6.45, 7) is 0.402. The summed E-state index contributed by atoms with van der Waals surface area (Å²) in [6, 6.07) is 10.8. The molecule has 108 valence electrons. The quantitative estimate of drug-likeness (QED) is 0.825. The zero-order valence-corrected chi connectivity index (χ0v) is 13.3. The molecule has 0 radical (unpaired) electrons. The van der Waals surface area contributed by atoms with Gasteiger partial charge in [0.1, 0.15) is 5.75 Å². The van der Waals surface area contributed by atoms with Gasteiger partial charge >= 0.3 is 0 Å². The van der Waals surface area contributed by atoms with Crippen LogP contribution >= 0.6 is 27.5 Å². The van der Waals surface area contributed by atoms with Crippen molar-refractivity contribution < 1.29 is 9.53 Å². The second kappa shape index (κ2) is 5.58. The molecule has 1 aliphatic heterocycles. The normalized spacial score (nSPS) is 13.8. The summed E-state index contributed by atoms with van der Waals surface area (Å²) in [4.78, 5) is 13.8. The maximum Gasteiger partial charge on any atom is 0.265 e. The minimum atomic E-state index is -0.118. The lowest BCUT2D eigenvalue weighted by Gasteiger charge is -2.30. The molecule has 0 atom stereocenters. The van der Waals surface area contributed by atoms with E-state index in [1.54, 1.807) is 23.1 Å². The molecule has 6 heteroatoms. The van der Waals surface area contributed by atoms with Gasteiger partial charge in [-0.1, -0.05) is 33.6 Å². The molecule has 0 aromatic heterocycles. The number of hydrogen-bond donors (Lipinski definition) is 1. The average Bonchev–Trinajstić information content (AvgIpc) is 2.44. The molecule has 0 spiro atoms. The van der Waals surface area contributed by atoms with Crippen molar-refractivity contribution in [3.8, 4) is 5.75 Å². The predicted octanol–water partition coefficient (Wildman–Crippen LogP) is 3.61. The van der Waals surface area contributed by atoms with E-state index in [1.807, 2.05) is 18.2 Å². The topological polar surface area (TPSA) is 55.6 Å². The third kappa shape index (κ3) is 2.84. The first kappa shape index (κ1) is 14.2. The van der Waals surface area contributed by atoms with E-state index < -0.39 is 0 Å². The number of fused-ring (bicyclic) bond motifs is 1. The summed E-state index contributed by atoms with van der Waals surface area (Å²) in [6.07, 6.45) is 0. The Labute approximate surface area is 135 Å². The summed E-state index contributed by atoms with van der Waals surface area (Å²) in [5.41, 5.74) is 8.18. The summed E-state index contributed by atoms with van der Waals surface area (Å²) < 4.78 is 6.32. The maximum atomic E-state index is 12.2. The molecule has 4 nitrogen and oxygen atoms in total. The third-order valence-electron chi connectivity index (χ3n) is 3.30. The molecule has 2 aromatic rings. The number of benzene rings is 2. The molecule has 2 N–H and O–H groups in total. The lowest BCUT2D eigenvalue weighted by molar-refractivity contribution is -0.121. The van der Waals surface area contributed by atoms with E-state index in [-0.39, 0.29) is 12.5 Å². The van der Waals surface area contributed by atoms with Crippen LogP contribution in [0.2, 0.25) is 5.02 Å². The van der Waals surface area contributed by atoms with E-state index in [1.165, 1.54) is 0 Å². The van der Waals surface area contributed by atoms with Gasteiger partial charge in [0.15, 0.2) is 6.61 Å². The smallest absolute Gasteiger partial charge is 0.265 e. The molecule has 0 unspecified atom stereocenters. The number of nitrogen functional groups attached to an aromatic ring is 1. The summed E-state index contributed by atoms with van der Waals surface area (Å²) in [5.74, 6) is 0.529. The van der Waals surface area contributed by atoms with Crippen LogP contribution in [0.5, 0.6) is 5.75 Å². The molecular weight excluding hydrogens is 356 g/mol. The van der Waals surface area contributed by atoms with E-state index >= 15 is 0 Å². The van der Waals surface area contributed by atoms with Crippen LogP contribution in [-0.2, 0) is 11.3 Å². The Balaban J connectivity index is 1.98. The van der Waals surface area contributed by atoms with Gasteiger partial charge in [0, 0.05) is 15.2 Å². The Bertz CT molecular complexity index is 721. The number of rotatable bonds is 2. The third-order valence-corrected chi connectivity index (χ3v) is 4.03. The first-order valence-corrected chi connectivity index (χ1v) is 7.48. The van der Waals surface area contributed by atoms with Crippen molar-refractivity contribution in [2.75, 3.05) is 17.2 Å². The number of hydrogen-bond acceptors (Lipinski definition) is 3. The minimum Gasteiger partial charge on any atom is -0.482 e. The second-order valence-electron chi connectivity index (χ2n) is 4.72. The van der Waals surface area contributed by atoms with Crippen molar-refractivity contribution in [1.82, 2.24) is 0 Å². The van der Waals surface area contributed by atoms with Crippen molar-refractivity contribution in [3.63, 3.8) is 0 Å². The van der Waals surface area contributed by atoms with Gasteiger partial charge in [0.25, 0.3) is 5.91 Å². The largest absolute Gasteiger partial charge is 0.482 e. The van der Waals surface area contributed by atoms with Gasteiger partial charge in [-0.3, -0.25) is 4.79 Å². The fourth-order valence-corrected chi connectivity index (χ4v) is 2.77. The standard InChI is InChI=1S/C15H12BrClN2O2/c16-10-2-1-9(12(18)5-10)7-19-13-6-11(17)3-4-14(13)21-8-15(19)20/h1-6H,7-8,18H2. The molecule has 1 heterocycles. The molecule has 2 aromatic carbocycles. The van der Waals surface area contributed by atoms with Crippen LogP contribution in [0.3, 0.4) is 0 Å². The van der Waals surface area contributed by atoms with E-state index in [0.717, 1.165) is 10.0 Å². The molecule has 0 fully saturated rings. The van der Waals surface area contributed by atoms with Gasteiger partial charge in [-0.2, -0.15) is 0 Å². The molecule has 0 bridgehead atoms. The molecule has 3 rings (SSSR count). The van der Waals surface area contributed by atoms with E-state index in [2.05, 4.69) is 15.9 Å². The Kier molecular flexibility index (Phi) is 3.78. The van der Waals surface area contributed by atoms with Crippen molar-refractivity contribution in [2.45, 2.75) is 6.54 Å². The molecule has 0 saturated carbocycles. The highest BCUT2D eigenvalue weighted by Gasteiger charge is 2.26. The van der Waals surface area contributed by atoms with E-state index in [4.69, 9.17) is 22.1 Å². The minimum absolute atomic E-state index is 0.0189. The molecule has 21 heavy (non-hydrogen) atoms. The number of nitrogens with two attached hydrogens (primary N) is 1. The predicted molar refractivity (Wildman–Crippen MR) is 86.7 cm³/mol. The van der Waals surface area contributed by atoms with Gasteiger partial charge in [0.2, 0.25) is 0 Å². The first-order chi connectivity index (χ1) is 10.0. The average molecular weight is 368 g/mol. The fourth-order valence-electron chi connectivity index (χ4n) is 2.23. The highest BCUT2D eigenvalue weighted by molar-refractivity contribution is 9.10. The van der Waals surface area contributed by atoms with Crippen LogP contribution in [0.15, 0.2) is 40.9 Å².